The average Bonchev–Trinajstić information content (AvgIpc) is 2.98. The van der Waals surface area contributed by atoms with Crippen LogP contribution in [0.1, 0.15) is 17.0 Å². The zero-order valence-electron chi connectivity index (χ0n) is 11.1. The number of nitrogens with one attached hydrogen (secondary N) is 1. The molecule has 3 aromatic rings. The van der Waals surface area contributed by atoms with Crippen LogP contribution in [0.2, 0.25) is 0 Å². The number of hydrogen-bond acceptors (Lipinski definition) is 3. The molecule has 0 saturated heterocycles. The lowest BCUT2D eigenvalue weighted by molar-refractivity contribution is 0.981. The molecule has 1 aliphatic heterocycles. The Bertz CT molecular complexity index is 766. The molecule has 3 heteroatoms. The van der Waals surface area contributed by atoms with E-state index in [1.54, 1.807) is 0 Å². The average molecular weight is 261 g/mol. The molecule has 1 N–H and O–H groups in total. The minimum absolute atomic E-state index is 0.801. The Morgan fingerprint density at radius 3 is 2.85 bits per heavy atom. The Kier molecular flexibility index (Phi) is 2.62. The SMILES string of the molecule is c1ccc(Cc2nc3ccccc3c3c2CCN3)nc1. The fraction of sp³-hybridized carbons (Fsp3) is 0.176. The highest BCUT2D eigenvalue weighted by atomic mass is 14.9. The van der Waals surface area contributed by atoms with E-state index in [4.69, 9.17) is 4.98 Å². The van der Waals surface area contributed by atoms with Crippen LogP contribution in [0.25, 0.3) is 10.9 Å². The van der Waals surface area contributed by atoms with Gasteiger partial charge in [0.2, 0.25) is 0 Å². The van der Waals surface area contributed by atoms with Crippen molar-refractivity contribution in [1.29, 1.82) is 0 Å². The highest BCUT2D eigenvalue weighted by molar-refractivity contribution is 5.94. The van der Waals surface area contributed by atoms with E-state index in [-0.39, 0.29) is 0 Å². The van der Waals surface area contributed by atoms with Gasteiger partial charge in [-0.15, -0.1) is 0 Å². The molecule has 0 fully saturated rings. The summed E-state index contributed by atoms with van der Waals surface area (Å²) in [5, 5.41) is 4.74. The molecule has 0 bridgehead atoms. The van der Waals surface area contributed by atoms with Gasteiger partial charge in [0.1, 0.15) is 0 Å². The first-order chi connectivity index (χ1) is 9.92. The number of para-hydroxylation sites is 1. The molecule has 0 spiro atoms. The maximum atomic E-state index is 4.86. The lowest BCUT2D eigenvalue weighted by Gasteiger charge is -2.10. The van der Waals surface area contributed by atoms with Gasteiger partial charge < -0.3 is 5.32 Å². The van der Waals surface area contributed by atoms with Crippen LogP contribution in [0.5, 0.6) is 0 Å². The quantitative estimate of drug-likeness (QED) is 0.770. The number of anilines is 1. The molecule has 0 amide bonds. The first-order valence-electron chi connectivity index (χ1n) is 6.96. The molecular weight excluding hydrogens is 246 g/mol. The van der Waals surface area contributed by atoms with Crippen LogP contribution < -0.4 is 5.32 Å². The third-order valence-corrected chi connectivity index (χ3v) is 3.83. The highest BCUT2D eigenvalue weighted by Gasteiger charge is 2.19. The normalized spacial score (nSPS) is 13.2. The Morgan fingerprint density at radius 1 is 1.05 bits per heavy atom. The summed E-state index contributed by atoms with van der Waals surface area (Å²) in [4.78, 5) is 9.28. The van der Waals surface area contributed by atoms with Crippen molar-refractivity contribution in [2.75, 3.05) is 11.9 Å². The Labute approximate surface area is 117 Å². The molecule has 4 rings (SSSR count). The first kappa shape index (κ1) is 11.4. The topological polar surface area (TPSA) is 37.8 Å². The van der Waals surface area contributed by atoms with E-state index in [9.17, 15) is 0 Å². The second-order valence-electron chi connectivity index (χ2n) is 5.10. The van der Waals surface area contributed by atoms with Gasteiger partial charge in [0, 0.05) is 35.9 Å². The van der Waals surface area contributed by atoms with Gasteiger partial charge in [0.25, 0.3) is 0 Å². The van der Waals surface area contributed by atoms with Crippen molar-refractivity contribution in [3.05, 3.63) is 65.6 Å². The molecule has 0 unspecified atom stereocenters. The molecule has 0 aliphatic carbocycles. The van der Waals surface area contributed by atoms with Crippen LogP contribution in [0.4, 0.5) is 5.69 Å². The molecule has 98 valence electrons. The van der Waals surface area contributed by atoms with Gasteiger partial charge in [-0.3, -0.25) is 9.97 Å². The Hall–Kier alpha value is -2.42. The van der Waals surface area contributed by atoms with Gasteiger partial charge in [-0.05, 0) is 30.2 Å². The van der Waals surface area contributed by atoms with Crippen LogP contribution in [0.15, 0.2) is 48.7 Å². The zero-order chi connectivity index (χ0) is 13.4. The number of hydrogen-bond donors (Lipinski definition) is 1. The van der Waals surface area contributed by atoms with Crippen molar-refractivity contribution < 1.29 is 0 Å². The predicted octanol–water partition coefficient (Wildman–Crippen LogP) is 3.19. The molecule has 1 aromatic carbocycles. The monoisotopic (exact) mass is 261 g/mol. The second-order valence-corrected chi connectivity index (χ2v) is 5.10. The Morgan fingerprint density at radius 2 is 1.95 bits per heavy atom. The molecule has 3 heterocycles. The van der Waals surface area contributed by atoms with E-state index in [0.717, 1.165) is 36.3 Å². The summed E-state index contributed by atoms with van der Waals surface area (Å²) in [5.74, 6) is 0. The lowest BCUT2D eigenvalue weighted by Crippen LogP contribution is -2.00. The van der Waals surface area contributed by atoms with Gasteiger partial charge in [0.15, 0.2) is 0 Å². The number of fused-ring (bicyclic) bond motifs is 3. The largest absolute Gasteiger partial charge is 0.384 e. The van der Waals surface area contributed by atoms with Crippen molar-refractivity contribution in [3.8, 4) is 0 Å². The number of rotatable bonds is 2. The summed E-state index contributed by atoms with van der Waals surface area (Å²) >= 11 is 0. The maximum Gasteiger partial charge on any atom is 0.0726 e. The fourth-order valence-corrected chi connectivity index (χ4v) is 2.91. The molecule has 2 aromatic heterocycles. The van der Waals surface area contributed by atoms with Crippen LogP contribution in [-0.2, 0) is 12.8 Å². The second kappa shape index (κ2) is 4.60. The standard InChI is InChI=1S/C17H15N3/c1-2-7-15-13(6-1)17-14(8-10-19-17)16(20-15)11-12-5-3-4-9-18-12/h1-7,9,19H,8,10-11H2. The van der Waals surface area contributed by atoms with E-state index in [0.29, 0.717) is 0 Å². The predicted molar refractivity (Wildman–Crippen MR) is 81.0 cm³/mol. The molecule has 1 aliphatic rings. The lowest BCUT2D eigenvalue weighted by atomic mass is 10.0. The minimum atomic E-state index is 0.801. The summed E-state index contributed by atoms with van der Waals surface area (Å²) in [6, 6.07) is 14.4. The van der Waals surface area contributed by atoms with Crippen molar-refractivity contribution in [2.45, 2.75) is 12.8 Å². The van der Waals surface area contributed by atoms with E-state index in [2.05, 4.69) is 34.6 Å². The van der Waals surface area contributed by atoms with Crippen molar-refractivity contribution in [2.24, 2.45) is 0 Å². The number of benzene rings is 1. The van der Waals surface area contributed by atoms with E-state index in [1.165, 1.54) is 16.6 Å². The number of aromatic nitrogens is 2. The number of pyridine rings is 2. The van der Waals surface area contributed by atoms with Crippen molar-refractivity contribution in [1.82, 2.24) is 9.97 Å². The van der Waals surface area contributed by atoms with E-state index in [1.807, 2.05) is 24.4 Å². The van der Waals surface area contributed by atoms with Crippen LogP contribution in [0, 0.1) is 0 Å². The van der Waals surface area contributed by atoms with Gasteiger partial charge in [0.05, 0.1) is 11.2 Å². The van der Waals surface area contributed by atoms with Gasteiger partial charge in [-0.1, -0.05) is 24.3 Å². The van der Waals surface area contributed by atoms with Crippen LogP contribution in [0.3, 0.4) is 0 Å². The molecule has 3 nitrogen and oxygen atoms in total. The third-order valence-electron chi connectivity index (χ3n) is 3.83. The maximum absolute atomic E-state index is 4.86. The molecule has 0 saturated carbocycles. The molecule has 0 radical (unpaired) electrons. The highest BCUT2D eigenvalue weighted by Crippen LogP contribution is 2.33. The van der Waals surface area contributed by atoms with Gasteiger partial charge in [-0.25, -0.2) is 0 Å². The van der Waals surface area contributed by atoms with Crippen LogP contribution >= 0.6 is 0 Å². The number of nitrogens with zero attached hydrogens (tertiary/aromatic N) is 2. The van der Waals surface area contributed by atoms with Crippen LogP contribution in [-0.4, -0.2) is 16.5 Å². The van der Waals surface area contributed by atoms with Gasteiger partial charge >= 0.3 is 0 Å². The minimum Gasteiger partial charge on any atom is -0.384 e. The molecule has 20 heavy (non-hydrogen) atoms. The summed E-state index contributed by atoms with van der Waals surface area (Å²) in [5.41, 5.74) is 5.91. The molecular formula is C17H15N3. The van der Waals surface area contributed by atoms with Gasteiger partial charge in [-0.2, -0.15) is 0 Å². The van der Waals surface area contributed by atoms with Crippen molar-refractivity contribution in [3.63, 3.8) is 0 Å². The van der Waals surface area contributed by atoms with E-state index < -0.39 is 0 Å². The third kappa shape index (κ3) is 1.83. The summed E-state index contributed by atoms with van der Waals surface area (Å²) in [6.07, 6.45) is 3.69. The Balaban J connectivity index is 1.88. The summed E-state index contributed by atoms with van der Waals surface area (Å²) in [6.45, 7) is 1.00. The fourth-order valence-electron chi connectivity index (χ4n) is 2.91. The smallest absolute Gasteiger partial charge is 0.0726 e. The summed E-state index contributed by atoms with van der Waals surface area (Å²) < 4.78 is 0. The summed E-state index contributed by atoms with van der Waals surface area (Å²) in [7, 11) is 0. The molecule has 0 atom stereocenters. The van der Waals surface area contributed by atoms with E-state index >= 15 is 0 Å². The van der Waals surface area contributed by atoms with Crippen molar-refractivity contribution >= 4 is 16.6 Å². The zero-order valence-corrected chi connectivity index (χ0v) is 11.1. The first-order valence-corrected chi connectivity index (χ1v) is 6.96.